The first kappa shape index (κ1) is 19.9. The van der Waals surface area contributed by atoms with Crippen molar-refractivity contribution in [3.63, 3.8) is 0 Å². The summed E-state index contributed by atoms with van der Waals surface area (Å²) >= 11 is 0. The molecule has 2 aromatic carbocycles. The van der Waals surface area contributed by atoms with Crippen molar-refractivity contribution in [3.05, 3.63) is 59.2 Å². The van der Waals surface area contributed by atoms with Crippen molar-refractivity contribution < 1.29 is 14.3 Å². The second-order valence-electron chi connectivity index (χ2n) is 7.37. The van der Waals surface area contributed by atoms with E-state index in [1.807, 2.05) is 49.1 Å². The lowest BCUT2D eigenvalue weighted by atomic mass is 10.1. The number of rotatable bonds is 5. The number of hydrogen-bond donors (Lipinski definition) is 1. The van der Waals surface area contributed by atoms with Crippen LogP contribution in [0.25, 0.3) is 0 Å². The molecule has 0 aliphatic carbocycles. The van der Waals surface area contributed by atoms with Crippen LogP contribution in [0.1, 0.15) is 47.7 Å². The van der Waals surface area contributed by atoms with Gasteiger partial charge in [-0.25, -0.2) is 0 Å². The Bertz CT molecular complexity index is 836. The van der Waals surface area contributed by atoms with E-state index in [1.54, 1.807) is 19.1 Å². The Kier molecular flexibility index (Phi) is 6.34. The molecule has 0 saturated carbocycles. The first-order valence-electron chi connectivity index (χ1n) is 9.89. The maximum Gasteiger partial charge on any atom is 0.265 e. The number of likely N-dealkylation sites (tertiary alicyclic amines) is 1. The molecular weight excluding hydrogens is 352 g/mol. The van der Waals surface area contributed by atoms with Gasteiger partial charge in [0.1, 0.15) is 5.75 Å². The lowest BCUT2D eigenvalue weighted by molar-refractivity contribution is -0.122. The highest BCUT2D eigenvalue weighted by molar-refractivity contribution is 6.04. The van der Waals surface area contributed by atoms with Gasteiger partial charge in [-0.05, 0) is 63.3 Å². The maximum atomic E-state index is 12.9. The van der Waals surface area contributed by atoms with Crippen LogP contribution in [0, 0.1) is 13.8 Å². The highest BCUT2D eigenvalue weighted by atomic mass is 16.5. The van der Waals surface area contributed by atoms with E-state index in [4.69, 9.17) is 4.74 Å². The van der Waals surface area contributed by atoms with Crippen molar-refractivity contribution in [2.45, 2.75) is 46.1 Å². The number of aryl methyl sites for hydroxylation is 2. The van der Waals surface area contributed by atoms with Gasteiger partial charge in [0.2, 0.25) is 0 Å². The number of hydrogen-bond acceptors (Lipinski definition) is 3. The van der Waals surface area contributed by atoms with E-state index in [0.717, 1.165) is 49.2 Å². The van der Waals surface area contributed by atoms with Crippen molar-refractivity contribution in [2.75, 3.05) is 18.4 Å². The first-order valence-corrected chi connectivity index (χ1v) is 9.89. The van der Waals surface area contributed by atoms with Crippen LogP contribution in [0.15, 0.2) is 42.5 Å². The Labute approximate surface area is 166 Å². The van der Waals surface area contributed by atoms with Crippen molar-refractivity contribution in [3.8, 4) is 5.75 Å². The SMILES string of the molecule is Cc1cccc(C)c1O[C@@H](C)C(=O)Nc1ccccc1C(=O)N1CCCCC1. The van der Waals surface area contributed by atoms with Gasteiger partial charge in [-0.1, -0.05) is 30.3 Å². The molecule has 1 aliphatic heterocycles. The van der Waals surface area contributed by atoms with Gasteiger partial charge >= 0.3 is 0 Å². The summed E-state index contributed by atoms with van der Waals surface area (Å²) in [6.45, 7) is 7.18. The number of ether oxygens (including phenoxy) is 1. The van der Waals surface area contributed by atoms with Gasteiger partial charge in [0.05, 0.1) is 11.3 Å². The molecule has 0 radical (unpaired) electrons. The van der Waals surface area contributed by atoms with Crippen LogP contribution in [-0.4, -0.2) is 35.9 Å². The van der Waals surface area contributed by atoms with Crippen LogP contribution >= 0.6 is 0 Å². The third-order valence-electron chi connectivity index (χ3n) is 5.13. The molecule has 2 amide bonds. The molecule has 0 aromatic heterocycles. The number of nitrogens with one attached hydrogen (secondary N) is 1. The fraction of sp³-hybridized carbons (Fsp3) is 0.391. The Balaban J connectivity index is 1.72. The number of para-hydroxylation sites is 2. The zero-order chi connectivity index (χ0) is 20.1. The molecule has 5 heteroatoms. The molecule has 1 heterocycles. The third kappa shape index (κ3) is 4.53. The number of carbonyl (C=O) groups excluding carboxylic acids is 2. The number of carbonyl (C=O) groups is 2. The standard InChI is InChI=1S/C23H28N2O3/c1-16-10-9-11-17(2)21(16)28-18(3)22(26)24-20-13-6-5-12-19(20)23(27)25-14-7-4-8-15-25/h5-6,9-13,18H,4,7-8,14-15H2,1-3H3,(H,24,26)/t18-/m0/s1. The fourth-order valence-corrected chi connectivity index (χ4v) is 3.50. The normalized spacial score (nSPS) is 15.0. The lowest BCUT2D eigenvalue weighted by Gasteiger charge is -2.27. The smallest absolute Gasteiger partial charge is 0.265 e. The van der Waals surface area contributed by atoms with E-state index in [0.29, 0.717) is 11.3 Å². The molecule has 1 N–H and O–H groups in total. The molecular formula is C23H28N2O3. The summed E-state index contributed by atoms with van der Waals surface area (Å²) in [5.41, 5.74) is 3.03. The summed E-state index contributed by atoms with van der Waals surface area (Å²) in [7, 11) is 0. The summed E-state index contributed by atoms with van der Waals surface area (Å²) < 4.78 is 5.92. The molecule has 28 heavy (non-hydrogen) atoms. The van der Waals surface area contributed by atoms with E-state index in [-0.39, 0.29) is 11.8 Å². The molecule has 1 aliphatic rings. The van der Waals surface area contributed by atoms with Gasteiger partial charge in [-0.15, -0.1) is 0 Å². The first-order chi connectivity index (χ1) is 13.5. The summed E-state index contributed by atoms with van der Waals surface area (Å²) in [6, 6.07) is 13.1. The largest absolute Gasteiger partial charge is 0.480 e. The van der Waals surface area contributed by atoms with Crippen LogP contribution in [-0.2, 0) is 4.79 Å². The second-order valence-corrected chi connectivity index (χ2v) is 7.37. The van der Waals surface area contributed by atoms with Crippen molar-refractivity contribution in [2.24, 2.45) is 0 Å². The molecule has 0 unspecified atom stereocenters. The van der Waals surface area contributed by atoms with Crippen molar-refractivity contribution in [1.82, 2.24) is 4.90 Å². The molecule has 1 saturated heterocycles. The van der Waals surface area contributed by atoms with Crippen LogP contribution in [0.3, 0.4) is 0 Å². The Hall–Kier alpha value is -2.82. The topological polar surface area (TPSA) is 58.6 Å². The highest BCUT2D eigenvalue weighted by Gasteiger charge is 2.23. The minimum absolute atomic E-state index is 0.0288. The number of nitrogens with zero attached hydrogens (tertiary/aromatic N) is 1. The minimum atomic E-state index is -0.682. The fourth-order valence-electron chi connectivity index (χ4n) is 3.50. The lowest BCUT2D eigenvalue weighted by Crippen LogP contribution is -2.36. The quantitative estimate of drug-likeness (QED) is 0.840. The molecule has 1 atom stereocenters. The van der Waals surface area contributed by atoms with Gasteiger partial charge < -0.3 is 15.0 Å². The molecule has 1 fully saturated rings. The van der Waals surface area contributed by atoms with E-state index < -0.39 is 6.10 Å². The number of anilines is 1. The van der Waals surface area contributed by atoms with Crippen molar-refractivity contribution >= 4 is 17.5 Å². The zero-order valence-electron chi connectivity index (χ0n) is 16.8. The summed E-state index contributed by atoms with van der Waals surface area (Å²) in [5, 5.41) is 2.88. The molecule has 3 rings (SSSR count). The van der Waals surface area contributed by atoms with Crippen LogP contribution < -0.4 is 10.1 Å². The molecule has 0 bridgehead atoms. The Morgan fingerprint density at radius 1 is 0.964 bits per heavy atom. The van der Waals surface area contributed by atoms with E-state index in [1.165, 1.54) is 0 Å². The van der Waals surface area contributed by atoms with E-state index >= 15 is 0 Å². The highest BCUT2D eigenvalue weighted by Crippen LogP contribution is 2.25. The van der Waals surface area contributed by atoms with Gasteiger partial charge in [-0.2, -0.15) is 0 Å². The number of amides is 2. The Morgan fingerprint density at radius 3 is 2.29 bits per heavy atom. The predicted octanol–water partition coefficient (Wildman–Crippen LogP) is 4.34. The van der Waals surface area contributed by atoms with Gasteiger partial charge in [0, 0.05) is 13.1 Å². The van der Waals surface area contributed by atoms with Gasteiger partial charge in [0.15, 0.2) is 6.10 Å². The molecule has 5 nitrogen and oxygen atoms in total. The maximum absolute atomic E-state index is 12.9. The summed E-state index contributed by atoms with van der Waals surface area (Å²) in [5.74, 6) is 0.420. The number of piperidine rings is 1. The predicted molar refractivity (Wildman–Crippen MR) is 111 cm³/mol. The van der Waals surface area contributed by atoms with Crippen molar-refractivity contribution in [1.29, 1.82) is 0 Å². The van der Waals surface area contributed by atoms with E-state index in [9.17, 15) is 9.59 Å². The molecule has 2 aromatic rings. The van der Waals surface area contributed by atoms with Crippen LogP contribution in [0.2, 0.25) is 0 Å². The van der Waals surface area contributed by atoms with E-state index in [2.05, 4.69) is 5.32 Å². The minimum Gasteiger partial charge on any atom is -0.480 e. The average molecular weight is 380 g/mol. The zero-order valence-corrected chi connectivity index (χ0v) is 16.8. The summed E-state index contributed by atoms with van der Waals surface area (Å²) in [4.78, 5) is 27.5. The average Bonchev–Trinajstić information content (AvgIpc) is 2.71. The van der Waals surface area contributed by atoms with Crippen LogP contribution in [0.5, 0.6) is 5.75 Å². The summed E-state index contributed by atoms with van der Waals surface area (Å²) in [6.07, 6.45) is 2.54. The second kappa shape index (κ2) is 8.91. The monoisotopic (exact) mass is 380 g/mol. The molecule has 148 valence electrons. The number of benzene rings is 2. The van der Waals surface area contributed by atoms with Gasteiger partial charge in [-0.3, -0.25) is 9.59 Å². The van der Waals surface area contributed by atoms with Gasteiger partial charge in [0.25, 0.3) is 11.8 Å². The van der Waals surface area contributed by atoms with Crippen LogP contribution in [0.4, 0.5) is 5.69 Å². The Morgan fingerprint density at radius 2 is 1.61 bits per heavy atom. The molecule has 0 spiro atoms. The third-order valence-corrected chi connectivity index (χ3v) is 5.13.